The van der Waals surface area contributed by atoms with Crippen molar-refractivity contribution in [2.75, 3.05) is 6.61 Å². The third-order valence-corrected chi connectivity index (χ3v) is 3.93. The summed E-state index contributed by atoms with van der Waals surface area (Å²) >= 11 is 0. The van der Waals surface area contributed by atoms with E-state index in [0.29, 0.717) is 6.61 Å². The van der Waals surface area contributed by atoms with Gasteiger partial charge in [0, 0.05) is 11.1 Å². The first-order chi connectivity index (χ1) is 9.66. The lowest BCUT2D eigenvalue weighted by Crippen LogP contribution is -2.22. The predicted molar refractivity (Wildman–Crippen MR) is 79.5 cm³/mol. The van der Waals surface area contributed by atoms with Crippen LogP contribution in [0.15, 0.2) is 42.5 Å². The number of aryl methyl sites for hydroxylation is 2. The second-order valence-corrected chi connectivity index (χ2v) is 5.41. The van der Waals surface area contributed by atoms with Crippen molar-refractivity contribution in [1.29, 1.82) is 0 Å². The van der Waals surface area contributed by atoms with Gasteiger partial charge in [-0.25, -0.2) is 0 Å². The average molecular weight is 266 g/mol. The fourth-order valence-electron chi connectivity index (χ4n) is 2.80. The fourth-order valence-corrected chi connectivity index (χ4v) is 2.80. The molecule has 2 heteroatoms. The zero-order valence-electron chi connectivity index (χ0n) is 11.8. The Hall–Kier alpha value is -2.09. The Kier molecular flexibility index (Phi) is 3.31. The summed E-state index contributed by atoms with van der Waals surface area (Å²) in [6.45, 7) is 4.63. The minimum Gasteiger partial charge on any atom is -0.493 e. The normalized spacial score (nSPS) is 17.2. The summed E-state index contributed by atoms with van der Waals surface area (Å²) in [5.74, 6) is 0.977. The topological polar surface area (TPSA) is 26.3 Å². The molecule has 0 bridgehead atoms. The van der Waals surface area contributed by atoms with Crippen molar-refractivity contribution in [2.24, 2.45) is 0 Å². The van der Waals surface area contributed by atoms with Gasteiger partial charge in [-0.2, -0.15) is 0 Å². The first-order valence-corrected chi connectivity index (χ1v) is 7.00. The molecule has 0 N–H and O–H groups in total. The van der Waals surface area contributed by atoms with E-state index >= 15 is 0 Å². The summed E-state index contributed by atoms with van der Waals surface area (Å²) in [7, 11) is 0. The van der Waals surface area contributed by atoms with Gasteiger partial charge >= 0.3 is 0 Å². The molecule has 0 aliphatic carbocycles. The lowest BCUT2D eigenvalue weighted by molar-refractivity contribution is 0.0932. The standard InChI is InChI=1S/C18H18O2/c1-12-7-8-13(2)16(11-12)18(19)15-9-10-20-17-6-4-3-5-14(15)17/h3-8,11,15H,9-10H2,1-2H3. The second kappa shape index (κ2) is 5.12. The lowest BCUT2D eigenvalue weighted by Gasteiger charge is -2.25. The van der Waals surface area contributed by atoms with E-state index in [2.05, 4.69) is 0 Å². The third kappa shape index (κ3) is 2.22. The number of carbonyl (C=O) groups excluding carboxylic acids is 1. The number of fused-ring (bicyclic) bond motifs is 1. The largest absolute Gasteiger partial charge is 0.493 e. The van der Waals surface area contributed by atoms with Gasteiger partial charge in [-0.3, -0.25) is 4.79 Å². The maximum Gasteiger partial charge on any atom is 0.170 e. The molecule has 0 saturated heterocycles. The quantitative estimate of drug-likeness (QED) is 0.766. The van der Waals surface area contributed by atoms with Crippen molar-refractivity contribution >= 4 is 5.78 Å². The summed E-state index contributed by atoms with van der Waals surface area (Å²) in [5.41, 5.74) is 4.03. The molecule has 0 aromatic heterocycles. The van der Waals surface area contributed by atoms with Crippen LogP contribution in [0.2, 0.25) is 0 Å². The second-order valence-electron chi connectivity index (χ2n) is 5.41. The van der Waals surface area contributed by atoms with E-state index in [-0.39, 0.29) is 11.7 Å². The van der Waals surface area contributed by atoms with E-state index in [9.17, 15) is 4.79 Å². The summed E-state index contributed by atoms with van der Waals surface area (Å²) < 4.78 is 5.64. The molecule has 1 atom stereocenters. The molecule has 0 saturated carbocycles. The number of benzene rings is 2. The number of ketones is 1. The van der Waals surface area contributed by atoms with Crippen LogP contribution in [0.5, 0.6) is 5.75 Å². The molecule has 3 rings (SSSR count). The Morgan fingerprint density at radius 3 is 2.80 bits per heavy atom. The molecule has 1 aliphatic rings. The first-order valence-electron chi connectivity index (χ1n) is 7.00. The Bertz CT molecular complexity index is 658. The van der Waals surface area contributed by atoms with Gasteiger partial charge in [0.15, 0.2) is 5.78 Å². The Balaban J connectivity index is 2.02. The van der Waals surface area contributed by atoms with E-state index in [4.69, 9.17) is 4.74 Å². The summed E-state index contributed by atoms with van der Waals surface area (Å²) in [6, 6.07) is 13.9. The Labute approximate surface area is 119 Å². The smallest absolute Gasteiger partial charge is 0.170 e. The zero-order chi connectivity index (χ0) is 14.1. The number of hydrogen-bond donors (Lipinski definition) is 0. The predicted octanol–water partition coefficient (Wildman–Crippen LogP) is 4.05. The number of para-hydroxylation sites is 1. The molecule has 20 heavy (non-hydrogen) atoms. The van der Waals surface area contributed by atoms with Crippen LogP contribution in [0, 0.1) is 13.8 Å². The minimum absolute atomic E-state index is 0.0829. The van der Waals surface area contributed by atoms with E-state index in [1.165, 1.54) is 0 Å². The van der Waals surface area contributed by atoms with Crippen LogP contribution in [0.4, 0.5) is 0 Å². The first kappa shape index (κ1) is 12.9. The molecular weight excluding hydrogens is 248 g/mol. The van der Waals surface area contributed by atoms with E-state index in [1.54, 1.807) is 0 Å². The van der Waals surface area contributed by atoms with Crippen LogP contribution in [-0.2, 0) is 0 Å². The van der Waals surface area contributed by atoms with Crippen LogP contribution >= 0.6 is 0 Å². The highest BCUT2D eigenvalue weighted by Crippen LogP contribution is 2.36. The lowest BCUT2D eigenvalue weighted by atomic mass is 9.85. The van der Waals surface area contributed by atoms with Gasteiger partial charge in [0.05, 0.1) is 12.5 Å². The molecule has 1 heterocycles. The zero-order valence-corrected chi connectivity index (χ0v) is 11.8. The Morgan fingerprint density at radius 2 is 1.95 bits per heavy atom. The van der Waals surface area contributed by atoms with Gasteiger partial charge in [0.1, 0.15) is 5.75 Å². The molecule has 0 radical (unpaired) electrons. The van der Waals surface area contributed by atoms with Crippen molar-refractivity contribution in [3.8, 4) is 5.75 Å². The molecule has 0 fully saturated rings. The molecule has 1 aliphatic heterocycles. The SMILES string of the molecule is Cc1ccc(C)c(C(=O)C2CCOc3ccccc32)c1. The van der Waals surface area contributed by atoms with Crippen LogP contribution in [0.1, 0.15) is 39.4 Å². The van der Waals surface area contributed by atoms with Gasteiger partial charge in [0.25, 0.3) is 0 Å². The van der Waals surface area contributed by atoms with Crippen molar-refractivity contribution in [1.82, 2.24) is 0 Å². The Morgan fingerprint density at radius 1 is 1.15 bits per heavy atom. The highest BCUT2D eigenvalue weighted by Gasteiger charge is 2.28. The van der Waals surface area contributed by atoms with Gasteiger partial charge < -0.3 is 4.74 Å². The van der Waals surface area contributed by atoms with Crippen LogP contribution in [0.3, 0.4) is 0 Å². The van der Waals surface area contributed by atoms with E-state index in [0.717, 1.165) is 34.4 Å². The molecule has 2 nitrogen and oxygen atoms in total. The number of Topliss-reactive ketones (excluding diaryl/α,β-unsaturated/α-hetero) is 1. The van der Waals surface area contributed by atoms with Crippen LogP contribution in [0.25, 0.3) is 0 Å². The van der Waals surface area contributed by atoms with Crippen molar-refractivity contribution in [2.45, 2.75) is 26.2 Å². The third-order valence-electron chi connectivity index (χ3n) is 3.93. The van der Waals surface area contributed by atoms with Crippen molar-refractivity contribution in [3.63, 3.8) is 0 Å². The maximum atomic E-state index is 12.9. The van der Waals surface area contributed by atoms with Crippen molar-refractivity contribution in [3.05, 3.63) is 64.7 Å². The molecule has 2 aromatic rings. The average Bonchev–Trinajstić information content (AvgIpc) is 2.48. The molecular formula is C18H18O2. The monoisotopic (exact) mass is 266 g/mol. The summed E-state index contributed by atoms with van der Waals surface area (Å²) in [5, 5.41) is 0. The molecule has 0 spiro atoms. The fraction of sp³-hybridized carbons (Fsp3) is 0.278. The molecule has 1 unspecified atom stereocenters. The van der Waals surface area contributed by atoms with Crippen molar-refractivity contribution < 1.29 is 9.53 Å². The van der Waals surface area contributed by atoms with Gasteiger partial charge in [-0.15, -0.1) is 0 Å². The highest BCUT2D eigenvalue weighted by molar-refractivity contribution is 6.02. The number of rotatable bonds is 2. The molecule has 2 aromatic carbocycles. The van der Waals surface area contributed by atoms with Gasteiger partial charge in [-0.1, -0.05) is 35.9 Å². The van der Waals surface area contributed by atoms with E-state index < -0.39 is 0 Å². The number of ether oxygens (including phenoxy) is 1. The van der Waals surface area contributed by atoms with Crippen LogP contribution < -0.4 is 4.74 Å². The van der Waals surface area contributed by atoms with Gasteiger partial charge in [0.2, 0.25) is 0 Å². The maximum absolute atomic E-state index is 12.9. The summed E-state index contributed by atoms with van der Waals surface area (Å²) in [6.07, 6.45) is 0.753. The number of hydrogen-bond acceptors (Lipinski definition) is 2. The number of carbonyl (C=O) groups is 1. The molecule has 0 amide bonds. The van der Waals surface area contributed by atoms with Crippen LogP contribution in [-0.4, -0.2) is 12.4 Å². The molecule has 102 valence electrons. The van der Waals surface area contributed by atoms with E-state index in [1.807, 2.05) is 56.3 Å². The summed E-state index contributed by atoms with van der Waals surface area (Å²) in [4.78, 5) is 12.9. The van der Waals surface area contributed by atoms with Gasteiger partial charge in [-0.05, 0) is 38.0 Å². The highest BCUT2D eigenvalue weighted by atomic mass is 16.5. The minimum atomic E-state index is -0.0829.